The highest BCUT2D eigenvalue weighted by atomic mass is 16.6. The zero-order valence-electron chi connectivity index (χ0n) is 9.64. The number of nitrogens with one attached hydrogen (secondary N) is 1. The third kappa shape index (κ3) is 2.03. The second-order valence-corrected chi connectivity index (χ2v) is 3.57. The van der Waals surface area contributed by atoms with Crippen LogP contribution < -0.4 is 5.73 Å². The fraction of sp³-hybridized carbons (Fsp3) is 0. The quantitative estimate of drug-likeness (QED) is 0.601. The van der Waals surface area contributed by atoms with E-state index in [1.54, 1.807) is 0 Å². The molecule has 0 aliphatic rings. The van der Waals surface area contributed by atoms with Crippen LogP contribution in [0.5, 0.6) is 0 Å². The van der Waals surface area contributed by atoms with Gasteiger partial charge in [-0.25, -0.2) is 0 Å². The van der Waals surface area contributed by atoms with Gasteiger partial charge in [-0.1, -0.05) is 0 Å². The lowest BCUT2D eigenvalue weighted by Gasteiger charge is -2.02. The second-order valence-electron chi connectivity index (χ2n) is 3.57. The van der Waals surface area contributed by atoms with Crippen molar-refractivity contribution >= 4 is 17.3 Å². The van der Waals surface area contributed by atoms with E-state index in [1.807, 2.05) is 0 Å². The number of nitro groups is 2. The molecule has 102 valence electrons. The number of amides is 1. The second kappa shape index (κ2) is 4.72. The molecule has 11 nitrogen and oxygen atoms in total. The topological polar surface area (TPSA) is 171 Å². The van der Waals surface area contributed by atoms with Crippen molar-refractivity contribution in [3.63, 3.8) is 0 Å². The van der Waals surface area contributed by atoms with Crippen LogP contribution in [0.2, 0.25) is 0 Å². The van der Waals surface area contributed by atoms with Crippen molar-refractivity contribution < 1.29 is 14.6 Å². The Labute approximate surface area is 109 Å². The predicted molar refractivity (Wildman–Crippen MR) is 63.6 cm³/mol. The maximum atomic E-state index is 11.2. The van der Waals surface area contributed by atoms with Gasteiger partial charge >= 0.3 is 0 Å². The highest BCUT2D eigenvalue weighted by Crippen LogP contribution is 2.37. The van der Waals surface area contributed by atoms with E-state index < -0.39 is 38.4 Å². The molecule has 0 unspecified atom stereocenters. The Morgan fingerprint density at radius 3 is 2.15 bits per heavy atom. The van der Waals surface area contributed by atoms with Crippen LogP contribution >= 0.6 is 0 Å². The number of rotatable bonds is 4. The van der Waals surface area contributed by atoms with E-state index in [1.165, 1.54) is 0 Å². The molecule has 0 saturated carbocycles. The molecule has 2 aromatic rings. The molecule has 11 heteroatoms. The van der Waals surface area contributed by atoms with Crippen molar-refractivity contribution in [2.75, 3.05) is 0 Å². The summed E-state index contributed by atoms with van der Waals surface area (Å²) in [5, 5.41) is 31.0. The molecule has 0 spiro atoms. The van der Waals surface area contributed by atoms with E-state index in [-0.39, 0.29) is 5.69 Å². The number of nitrogens with zero attached hydrogens (tertiary/aromatic N) is 4. The van der Waals surface area contributed by atoms with Gasteiger partial charge < -0.3 is 5.73 Å². The van der Waals surface area contributed by atoms with Crippen molar-refractivity contribution in [1.29, 1.82) is 0 Å². The molecule has 1 aromatic carbocycles. The molecule has 2 rings (SSSR count). The van der Waals surface area contributed by atoms with Crippen molar-refractivity contribution in [3.8, 4) is 11.3 Å². The molecule has 0 atom stereocenters. The fourth-order valence-electron chi connectivity index (χ4n) is 1.65. The van der Waals surface area contributed by atoms with Crippen LogP contribution in [0.25, 0.3) is 11.3 Å². The molecule has 0 aliphatic heterocycles. The summed E-state index contributed by atoms with van der Waals surface area (Å²) in [7, 11) is 0. The Morgan fingerprint density at radius 2 is 1.70 bits per heavy atom. The molecule has 3 N–H and O–H groups in total. The lowest BCUT2D eigenvalue weighted by molar-refractivity contribution is -0.392. The smallest absolute Gasteiger partial charge is 0.285 e. The minimum atomic E-state index is -1.01. The molecule has 1 aromatic heterocycles. The first-order valence-corrected chi connectivity index (χ1v) is 5.06. The maximum absolute atomic E-state index is 11.2. The number of H-pyrrole nitrogens is 1. The number of carbonyl (C=O) groups excluding carboxylic acids is 1. The number of hydrogen-bond donors (Lipinski definition) is 2. The number of hydrogen-bond acceptors (Lipinski definition) is 7. The largest absolute Gasteiger partial charge is 0.364 e. The van der Waals surface area contributed by atoms with Crippen molar-refractivity contribution in [2.45, 2.75) is 0 Å². The van der Waals surface area contributed by atoms with Gasteiger partial charge in [0.15, 0.2) is 11.3 Å². The lowest BCUT2D eigenvalue weighted by Crippen LogP contribution is -2.13. The van der Waals surface area contributed by atoms with E-state index in [9.17, 15) is 25.0 Å². The first-order valence-electron chi connectivity index (χ1n) is 5.06. The molecular weight excluding hydrogens is 272 g/mol. The number of benzene rings is 1. The standard InChI is InChI=1S/C9H6N6O5/c10-9(16)8-7(11-13-12-8)6-4(14(17)18)2-1-3-5(6)15(19)20/h1-3H,(H2,10,16)(H,11,12,13). The lowest BCUT2D eigenvalue weighted by atomic mass is 10.1. The first kappa shape index (κ1) is 13.1. The van der Waals surface area contributed by atoms with Crippen LogP contribution in [0.3, 0.4) is 0 Å². The molecule has 0 saturated heterocycles. The summed E-state index contributed by atoms with van der Waals surface area (Å²) in [6, 6.07) is 3.27. The average Bonchev–Trinajstić information content (AvgIpc) is 2.86. The summed E-state index contributed by atoms with van der Waals surface area (Å²) in [6.07, 6.45) is 0. The third-order valence-corrected chi connectivity index (χ3v) is 2.43. The zero-order chi connectivity index (χ0) is 14.9. The fourth-order valence-corrected chi connectivity index (χ4v) is 1.65. The van der Waals surface area contributed by atoms with Gasteiger partial charge in [0.05, 0.1) is 9.85 Å². The molecular formula is C9H6N6O5. The molecule has 1 amide bonds. The van der Waals surface area contributed by atoms with E-state index >= 15 is 0 Å². The maximum Gasteiger partial charge on any atom is 0.285 e. The molecule has 20 heavy (non-hydrogen) atoms. The van der Waals surface area contributed by atoms with Gasteiger partial charge in [0.25, 0.3) is 17.3 Å². The number of nitro benzene ring substituents is 2. The molecule has 0 radical (unpaired) electrons. The van der Waals surface area contributed by atoms with Gasteiger partial charge in [0, 0.05) is 12.1 Å². The molecule has 0 fully saturated rings. The number of nitrogens with two attached hydrogens (primary N) is 1. The summed E-state index contributed by atoms with van der Waals surface area (Å²) < 4.78 is 0. The highest BCUT2D eigenvalue weighted by Gasteiger charge is 2.31. The minimum absolute atomic E-state index is 0.337. The number of aromatic nitrogens is 3. The number of primary amides is 1. The van der Waals surface area contributed by atoms with E-state index in [4.69, 9.17) is 5.73 Å². The molecule has 1 heterocycles. The SMILES string of the molecule is NC(=O)c1n[nH]nc1-c1c([N+](=O)[O-])cccc1[N+](=O)[O-]. The van der Waals surface area contributed by atoms with E-state index in [2.05, 4.69) is 15.4 Å². The predicted octanol–water partition coefficient (Wildman–Crippen LogP) is 0.387. The Balaban J connectivity index is 2.83. The van der Waals surface area contributed by atoms with E-state index in [0.717, 1.165) is 18.2 Å². The van der Waals surface area contributed by atoms with Crippen molar-refractivity contribution in [2.24, 2.45) is 5.73 Å². The molecule has 0 bridgehead atoms. The average molecular weight is 278 g/mol. The Kier molecular flexibility index (Phi) is 3.08. The first-order chi connectivity index (χ1) is 9.43. The summed E-state index contributed by atoms with van der Waals surface area (Å²) in [5.74, 6) is -1.01. The Hall–Kier alpha value is -3.37. The Morgan fingerprint density at radius 1 is 1.15 bits per heavy atom. The van der Waals surface area contributed by atoms with Crippen LogP contribution in [-0.4, -0.2) is 31.2 Å². The summed E-state index contributed by atoms with van der Waals surface area (Å²) in [6.45, 7) is 0. The third-order valence-electron chi connectivity index (χ3n) is 2.43. The zero-order valence-corrected chi connectivity index (χ0v) is 9.64. The summed E-state index contributed by atoms with van der Waals surface area (Å²) in [5.41, 5.74) is 2.72. The van der Waals surface area contributed by atoms with Gasteiger partial charge in [0.2, 0.25) is 0 Å². The van der Waals surface area contributed by atoms with Gasteiger partial charge in [-0.15, -0.1) is 0 Å². The van der Waals surface area contributed by atoms with Gasteiger partial charge in [-0.2, -0.15) is 15.4 Å². The Bertz CT molecular complexity index is 691. The van der Waals surface area contributed by atoms with Gasteiger partial charge in [-0.05, 0) is 6.07 Å². The van der Waals surface area contributed by atoms with Crippen LogP contribution in [0.4, 0.5) is 11.4 Å². The monoisotopic (exact) mass is 278 g/mol. The van der Waals surface area contributed by atoms with Gasteiger partial charge in [0.1, 0.15) is 5.69 Å². The van der Waals surface area contributed by atoms with Crippen LogP contribution in [0, 0.1) is 20.2 Å². The van der Waals surface area contributed by atoms with Gasteiger partial charge in [-0.3, -0.25) is 25.0 Å². The number of carbonyl (C=O) groups is 1. The van der Waals surface area contributed by atoms with Crippen LogP contribution in [-0.2, 0) is 0 Å². The van der Waals surface area contributed by atoms with E-state index in [0.29, 0.717) is 0 Å². The summed E-state index contributed by atoms with van der Waals surface area (Å²) in [4.78, 5) is 31.5. The minimum Gasteiger partial charge on any atom is -0.364 e. The van der Waals surface area contributed by atoms with Crippen LogP contribution in [0.15, 0.2) is 18.2 Å². The number of aromatic amines is 1. The highest BCUT2D eigenvalue weighted by molar-refractivity contribution is 5.99. The normalized spacial score (nSPS) is 10.2. The van der Waals surface area contributed by atoms with Crippen molar-refractivity contribution in [3.05, 3.63) is 44.1 Å². The summed E-state index contributed by atoms with van der Waals surface area (Å²) >= 11 is 0. The molecule has 0 aliphatic carbocycles. The van der Waals surface area contributed by atoms with Crippen molar-refractivity contribution in [1.82, 2.24) is 15.4 Å². The van der Waals surface area contributed by atoms with Crippen LogP contribution in [0.1, 0.15) is 10.5 Å².